The third-order valence-corrected chi connectivity index (χ3v) is 4.87. The normalized spacial score (nSPS) is 14.4. The first kappa shape index (κ1) is 16.0. The zero-order valence-corrected chi connectivity index (χ0v) is 13.6. The molecule has 1 saturated carbocycles. The third kappa shape index (κ3) is 2.96. The smallest absolute Gasteiger partial charge is 0.409 e. The van der Waals surface area contributed by atoms with E-state index in [-0.39, 0.29) is 0 Å². The minimum atomic E-state index is -1.16. The van der Waals surface area contributed by atoms with Gasteiger partial charge in [-0.3, -0.25) is 10.1 Å². The summed E-state index contributed by atoms with van der Waals surface area (Å²) in [7, 11) is 0. The second-order valence-corrected chi connectivity index (χ2v) is 6.39. The number of aliphatic carboxylic acids is 1. The van der Waals surface area contributed by atoms with E-state index in [0.717, 1.165) is 22.7 Å². The molecular weight excluding hydrogens is 328 g/mol. The average Bonchev–Trinajstić information content (AvgIpc) is 3.29. The predicted octanol–water partition coefficient (Wildman–Crippen LogP) is 3.06. The van der Waals surface area contributed by atoms with E-state index in [0.29, 0.717) is 29.1 Å². The van der Waals surface area contributed by atoms with Gasteiger partial charge < -0.3 is 10.2 Å². The van der Waals surface area contributed by atoms with Gasteiger partial charge in [-0.25, -0.2) is 4.79 Å². The molecule has 122 valence electrons. The number of hydrogen-bond donors (Lipinski definition) is 3. The molecule has 3 N–H and O–H groups in total. The van der Waals surface area contributed by atoms with Crippen LogP contribution in [0.15, 0.2) is 24.3 Å². The van der Waals surface area contributed by atoms with Crippen molar-refractivity contribution in [2.75, 3.05) is 5.32 Å². The van der Waals surface area contributed by atoms with E-state index in [9.17, 15) is 14.7 Å². The van der Waals surface area contributed by atoms with Crippen LogP contribution in [0.5, 0.6) is 0 Å². The number of benzene rings is 1. The number of nitrogens with zero attached hydrogens (tertiary/aromatic N) is 1. The Morgan fingerprint density at radius 3 is 2.42 bits per heavy atom. The summed E-state index contributed by atoms with van der Waals surface area (Å²) < 4.78 is 4.10. The molecule has 0 bridgehead atoms. The van der Waals surface area contributed by atoms with Crippen LogP contribution < -0.4 is 5.32 Å². The summed E-state index contributed by atoms with van der Waals surface area (Å²) >= 11 is 1.13. The zero-order chi connectivity index (χ0) is 17.3. The molecule has 2 aromatic rings. The van der Waals surface area contributed by atoms with Gasteiger partial charge in [-0.2, -0.15) is 4.37 Å². The van der Waals surface area contributed by atoms with Crippen LogP contribution >= 0.6 is 11.5 Å². The Hall–Kier alpha value is -2.85. The lowest BCUT2D eigenvalue weighted by Crippen LogP contribution is -2.19. The molecule has 1 aromatic carbocycles. The molecule has 24 heavy (non-hydrogen) atoms. The summed E-state index contributed by atoms with van der Waals surface area (Å²) in [5.74, 6) is 5.09. The number of carboxylic acid groups (broad SMARTS) is 2. The molecule has 0 spiro atoms. The number of anilines is 1. The SMILES string of the molecule is Cc1nsc(C#Cc2ccc(C3(C(=O)O)CC3)cc2)c1NC(=O)O. The van der Waals surface area contributed by atoms with E-state index in [2.05, 4.69) is 21.5 Å². The van der Waals surface area contributed by atoms with Crippen LogP contribution in [0.4, 0.5) is 10.5 Å². The Kier molecular flexibility index (Phi) is 3.99. The van der Waals surface area contributed by atoms with Crippen LogP contribution in [0.25, 0.3) is 0 Å². The van der Waals surface area contributed by atoms with Crippen LogP contribution in [0.2, 0.25) is 0 Å². The standard InChI is InChI=1S/C17H14N2O4S/c1-10-14(18-16(22)23)13(24-19-10)7-4-11-2-5-12(6-3-11)17(8-9-17)15(20)21/h2-3,5-6,18H,8-9H2,1H3,(H,20,21)(H,22,23). The lowest BCUT2D eigenvalue weighted by Gasteiger charge is -2.09. The van der Waals surface area contributed by atoms with E-state index in [1.807, 2.05) is 0 Å². The van der Waals surface area contributed by atoms with Crippen molar-refractivity contribution in [3.63, 3.8) is 0 Å². The molecule has 0 saturated heterocycles. The van der Waals surface area contributed by atoms with Gasteiger partial charge in [-0.1, -0.05) is 18.1 Å². The number of carbonyl (C=O) groups is 2. The summed E-state index contributed by atoms with van der Waals surface area (Å²) in [4.78, 5) is 22.7. The highest BCUT2D eigenvalue weighted by molar-refractivity contribution is 7.07. The zero-order valence-electron chi connectivity index (χ0n) is 12.8. The molecular formula is C17H14N2O4S. The van der Waals surface area contributed by atoms with Crippen LogP contribution in [0.3, 0.4) is 0 Å². The number of amides is 1. The number of rotatable bonds is 3. The van der Waals surface area contributed by atoms with Crippen LogP contribution in [-0.2, 0) is 10.2 Å². The molecule has 3 rings (SSSR count). The van der Waals surface area contributed by atoms with Crippen LogP contribution in [0, 0.1) is 18.8 Å². The van der Waals surface area contributed by atoms with Crippen molar-refractivity contribution in [1.82, 2.24) is 4.37 Å². The summed E-state index contributed by atoms with van der Waals surface area (Å²) in [6.07, 6.45) is 0.171. The van der Waals surface area contributed by atoms with Gasteiger partial charge in [0.25, 0.3) is 0 Å². The summed E-state index contributed by atoms with van der Waals surface area (Å²) in [5, 5.41) is 20.4. The monoisotopic (exact) mass is 342 g/mol. The van der Waals surface area contributed by atoms with Crippen molar-refractivity contribution < 1.29 is 19.8 Å². The highest BCUT2D eigenvalue weighted by Gasteiger charge is 2.51. The fraction of sp³-hybridized carbons (Fsp3) is 0.235. The maximum Gasteiger partial charge on any atom is 0.409 e. The Labute approximate surface area is 142 Å². The van der Waals surface area contributed by atoms with Gasteiger partial charge in [0.2, 0.25) is 0 Å². The molecule has 0 aliphatic heterocycles. The maximum atomic E-state index is 11.3. The van der Waals surface area contributed by atoms with Crippen LogP contribution in [-0.4, -0.2) is 26.6 Å². The molecule has 1 aliphatic rings. The quantitative estimate of drug-likeness (QED) is 0.745. The van der Waals surface area contributed by atoms with E-state index < -0.39 is 17.5 Å². The molecule has 6 nitrogen and oxygen atoms in total. The first-order valence-electron chi connectivity index (χ1n) is 7.24. The third-order valence-electron chi connectivity index (χ3n) is 4.01. The minimum absolute atomic E-state index is 0.402. The molecule has 0 atom stereocenters. The molecule has 7 heteroatoms. The largest absolute Gasteiger partial charge is 0.481 e. The van der Waals surface area contributed by atoms with E-state index >= 15 is 0 Å². The lowest BCUT2D eigenvalue weighted by atomic mass is 9.95. The molecule has 1 aromatic heterocycles. The minimum Gasteiger partial charge on any atom is -0.481 e. The fourth-order valence-electron chi connectivity index (χ4n) is 2.46. The highest BCUT2D eigenvalue weighted by Crippen LogP contribution is 2.48. The number of hydrogen-bond acceptors (Lipinski definition) is 4. The van der Waals surface area contributed by atoms with Gasteiger partial charge in [0.05, 0.1) is 16.8 Å². The summed E-state index contributed by atoms with van der Waals surface area (Å²) in [6.45, 7) is 1.71. The van der Waals surface area contributed by atoms with Crippen molar-refractivity contribution in [2.45, 2.75) is 25.2 Å². The van der Waals surface area contributed by atoms with Crippen molar-refractivity contribution >= 4 is 29.3 Å². The summed E-state index contributed by atoms with van der Waals surface area (Å²) in [5.41, 5.74) is 1.78. The van der Waals surface area contributed by atoms with E-state index in [1.54, 1.807) is 31.2 Å². The van der Waals surface area contributed by atoms with Gasteiger partial charge in [-0.05, 0) is 54.9 Å². The number of carboxylic acids is 1. The van der Waals surface area contributed by atoms with Gasteiger partial charge in [0, 0.05) is 5.56 Å². The fourth-order valence-corrected chi connectivity index (χ4v) is 3.17. The number of nitrogens with one attached hydrogen (secondary N) is 1. The molecule has 1 aliphatic carbocycles. The second-order valence-electron chi connectivity index (χ2n) is 5.62. The Bertz CT molecular complexity index is 870. The van der Waals surface area contributed by atoms with Gasteiger partial charge in [0.1, 0.15) is 4.88 Å². The molecule has 1 fully saturated rings. The van der Waals surface area contributed by atoms with E-state index in [1.165, 1.54) is 0 Å². The summed E-state index contributed by atoms with van der Waals surface area (Å²) in [6, 6.07) is 7.14. The molecule has 0 radical (unpaired) electrons. The number of aromatic nitrogens is 1. The topological polar surface area (TPSA) is 99.5 Å². The van der Waals surface area contributed by atoms with Gasteiger partial charge in [-0.15, -0.1) is 0 Å². The molecule has 1 amide bonds. The van der Waals surface area contributed by atoms with Crippen LogP contribution in [0.1, 0.15) is 34.5 Å². The van der Waals surface area contributed by atoms with Crippen molar-refractivity contribution in [2.24, 2.45) is 0 Å². The maximum absolute atomic E-state index is 11.3. The first-order chi connectivity index (χ1) is 11.4. The van der Waals surface area contributed by atoms with Gasteiger partial charge in [0.15, 0.2) is 0 Å². The van der Waals surface area contributed by atoms with E-state index in [4.69, 9.17) is 5.11 Å². The van der Waals surface area contributed by atoms with Crippen molar-refractivity contribution in [3.05, 3.63) is 46.0 Å². The van der Waals surface area contributed by atoms with Crippen molar-refractivity contribution in [3.8, 4) is 11.8 Å². The molecule has 1 heterocycles. The number of aryl methyl sites for hydroxylation is 1. The Morgan fingerprint density at radius 2 is 1.88 bits per heavy atom. The van der Waals surface area contributed by atoms with Gasteiger partial charge >= 0.3 is 12.1 Å². The first-order valence-corrected chi connectivity index (χ1v) is 8.02. The van der Waals surface area contributed by atoms with Crippen molar-refractivity contribution in [1.29, 1.82) is 0 Å². The lowest BCUT2D eigenvalue weighted by molar-refractivity contribution is -0.140. The average molecular weight is 342 g/mol. The second kappa shape index (κ2) is 5.98. The Morgan fingerprint density at radius 1 is 1.21 bits per heavy atom. The predicted molar refractivity (Wildman–Crippen MR) is 89.5 cm³/mol. The highest BCUT2D eigenvalue weighted by atomic mass is 32.1. The molecule has 0 unspecified atom stereocenters. The Balaban J connectivity index is 1.82.